The summed E-state index contributed by atoms with van der Waals surface area (Å²) in [5.41, 5.74) is 7.28. The lowest BCUT2D eigenvalue weighted by atomic mass is 10.0. The topological polar surface area (TPSA) is 97.5 Å². The van der Waals surface area contributed by atoms with Gasteiger partial charge in [0.15, 0.2) is 0 Å². The van der Waals surface area contributed by atoms with Crippen molar-refractivity contribution in [3.05, 3.63) is 70.8 Å². The number of aryl methyl sites for hydroxylation is 1. The number of halogens is 2. The molecule has 3 aromatic rings. The molecule has 2 saturated heterocycles. The monoisotopic (exact) mass is 532 g/mol. The normalized spacial score (nSPS) is 16.5. The van der Waals surface area contributed by atoms with E-state index in [1.165, 1.54) is 11.2 Å². The molecule has 1 aromatic carbocycles. The minimum atomic E-state index is -0.930. The predicted octanol–water partition coefficient (Wildman–Crippen LogP) is 3.30. The molecule has 0 atom stereocenters. The maximum atomic E-state index is 15.4. The Labute approximate surface area is 226 Å². The average Bonchev–Trinajstić information content (AvgIpc) is 2.96. The van der Waals surface area contributed by atoms with Crippen LogP contribution in [0.15, 0.2) is 36.8 Å². The highest BCUT2D eigenvalue weighted by Gasteiger charge is 2.30. The number of anilines is 1. The van der Waals surface area contributed by atoms with Crippen LogP contribution >= 0.6 is 0 Å². The van der Waals surface area contributed by atoms with Gasteiger partial charge in [-0.1, -0.05) is 18.8 Å². The minimum Gasteiger partial charge on any atom is -0.384 e. The summed E-state index contributed by atoms with van der Waals surface area (Å²) in [5.74, 6) is 3.90. The highest BCUT2D eigenvalue weighted by molar-refractivity contribution is 5.95. The fraction of sp³-hybridized carbons (Fsp3) is 0.379. The van der Waals surface area contributed by atoms with E-state index in [-0.39, 0.29) is 5.56 Å². The first-order valence-corrected chi connectivity index (χ1v) is 13.1. The zero-order valence-electron chi connectivity index (χ0n) is 21.8. The first kappa shape index (κ1) is 26.7. The number of nitrogens with zero attached hydrogens (tertiary/aromatic N) is 5. The number of carbonyl (C=O) groups excluding carboxylic acids is 1. The van der Waals surface area contributed by atoms with Gasteiger partial charge >= 0.3 is 0 Å². The number of hydrogen-bond donors (Lipinski definition) is 1. The van der Waals surface area contributed by atoms with Crippen molar-refractivity contribution < 1.29 is 18.3 Å². The van der Waals surface area contributed by atoms with Crippen molar-refractivity contribution in [3.8, 4) is 23.1 Å². The van der Waals surface area contributed by atoms with E-state index in [0.717, 1.165) is 38.2 Å². The Hall–Kier alpha value is -3.94. The van der Waals surface area contributed by atoms with Crippen LogP contribution in [0.3, 0.4) is 0 Å². The van der Waals surface area contributed by atoms with Crippen molar-refractivity contribution in [1.29, 1.82) is 0 Å². The van der Waals surface area contributed by atoms with Gasteiger partial charge in [0, 0.05) is 62.8 Å². The molecule has 2 fully saturated rings. The molecule has 0 saturated carbocycles. The molecule has 8 nitrogen and oxygen atoms in total. The lowest BCUT2D eigenvalue weighted by Crippen LogP contribution is -2.53. The maximum Gasteiger partial charge on any atom is 0.259 e. The molecule has 0 spiro atoms. The fourth-order valence-corrected chi connectivity index (χ4v) is 5.07. The van der Waals surface area contributed by atoms with E-state index in [1.807, 2.05) is 6.92 Å². The Morgan fingerprint density at radius 2 is 1.77 bits per heavy atom. The van der Waals surface area contributed by atoms with Gasteiger partial charge in [0.1, 0.15) is 29.3 Å². The van der Waals surface area contributed by atoms with Crippen molar-refractivity contribution >= 4 is 11.7 Å². The molecule has 5 rings (SSSR count). The molecule has 0 radical (unpaired) electrons. The fourth-order valence-electron chi connectivity index (χ4n) is 5.07. The third-order valence-corrected chi connectivity index (χ3v) is 7.22. The summed E-state index contributed by atoms with van der Waals surface area (Å²) < 4.78 is 36.2. The summed E-state index contributed by atoms with van der Waals surface area (Å²) in [5, 5.41) is 0. The molecule has 1 amide bonds. The van der Waals surface area contributed by atoms with Gasteiger partial charge in [-0.3, -0.25) is 9.69 Å². The number of piperazine rings is 1. The summed E-state index contributed by atoms with van der Waals surface area (Å²) in [7, 11) is 0. The molecule has 2 N–H and O–H groups in total. The molecule has 2 aliphatic heterocycles. The smallest absolute Gasteiger partial charge is 0.259 e. The van der Waals surface area contributed by atoms with Gasteiger partial charge in [-0.05, 0) is 43.5 Å². The lowest BCUT2D eigenvalue weighted by molar-refractivity contribution is 0.0135. The first-order valence-electron chi connectivity index (χ1n) is 13.1. The molecule has 0 unspecified atom stereocenters. The van der Waals surface area contributed by atoms with E-state index >= 15 is 8.78 Å². The van der Waals surface area contributed by atoms with Crippen molar-refractivity contribution in [2.75, 3.05) is 45.1 Å². The molecule has 0 aliphatic carbocycles. The van der Waals surface area contributed by atoms with Crippen LogP contribution < -0.4 is 5.73 Å². The van der Waals surface area contributed by atoms with E-state index in [9.17, 15) is 4.79 Å². The van der Waals surface area contributed by atoms with Crippen molar-refractivity contribution in [1.82, 2.24) is 24.8 Å². The second kappa shape index (κ2) is 11.8. The molecule has 10 heteroatoms. The lowest BCUT2D eigenvalue weighted by Gasteiger charge is -2.40. The van der Waals surface area contributed by atoms with Crippen LogP contribution in [-0.4, -0.2) is 76.1 Å². The number of carbonyl (C=O) groups is 1. The van der Waals surface area contributed by atoms with E-state index in [4.69, 9.17) is 10.5 Å². The van der Waals surface area contributed by atoms with E-state index in [1.54, 1.807) is 18.3 Å². The number of benzene rings is 1. The van der Waals surface area contributed by atoms with Gasteiger partial charge in [0.2, 0.25) is 0 Å². The Balaban J connectivity index is 1.39. The van der Waals surface area contributed by atoms with Crippen LogP contribution in [0.5, 0.6) is 0 Å². The van der Waals surface area contributed by atoms with Crippen molar-refractivity contribution in [3.63, 3.8) is 0 Å². The third-order valence-electron chi connectivity index (χ3n) is 7.22. The quantitative estimate of drug-likeness (QED) is 0.515. The van der Waals surface area contributed by atoms with E-state index < -0.39 is 23.1 Å². The standard InChI is InChI=1S/C29H30F2N6O2/c1-2-25-22(5-3-19-4-6-26(32)33-17-19)28(35-18-34-25)20-15-23(30)27(24(31)16-20)29(38)37-11-9-36(10-12-37)21-7-13-39-14-8-21/h4,6,15-18,21H,2,7-14H2,1H3,(H2,32,33). The molecule has 0 bridgehead atoms. The molecular weight excluding hydrogens is 502 g/mol. The third kappa shape index (κ3) is 5.90. The number of pyridine rings is 1. The number of nitrogens with two attached hydrogens (primary N) is 1. The average molecular weight is 533 g/mol. The van der Waals surface area contributed by atoms with Gasteiger partial charge < -0.3 is 15.4 Å². The predicted molar refractivity (Wildman–Crippen MR) is 143 cm³/mol. The molecule has 39 heavy (non-hydrogen) atoms. The number of amides is 1. The van der Waals surface area contributed by atoms with Crippen molar-refractivity contribution in [2.45, 2.75) is 32.2 Å². The Morgan fingerprint density at radius 1 is 1.05 bits per heavy atom. The number of hydrogen-bond acceptors (Lipinski definition) is 7. The summed E-state index contributed by atoms with van der Waals surface area (Å²) in [6.45, 7) is 5.57. The van der Waals surface area contributed by atoms with Gasteiger partial charge in [-0.25, -0.2) is 23.7 Å². The molecule has 202 valence electrons. The Bertz CT molecular complexity index is 1380. The molecular formula is C29H30F2N6O2. The molecule has 2 aromatic heterocycles. The highest BCUT2D eigenvalue weighted by atomic mass is 19.1. The second-order valence-electron chi connectivity index (χ2n) is 9.61. The van der Waals surface area contributed by atoms with Crippen LogP contribution in [0.2, 0.25) is 0 Å². The van der Waals surface area contributed by atoms with Crippen molar-refractivity contribution in [2.24, 2.45) is 0 Å². The summed E-state index contributed by atoms with van der Waals surface area (Å²) in [4.78, 5) is 29.6. The van der Waals surface area contributed by atoms with Gasteiger partial charge in [0.25, 0.3) is 5.91 Å². The number of ether oxygens (including phenoxy) is 1. The number of aromatic nitrogens is 3. The SMILES string of the molecule is CCc1ncnc(-c2cc(F)c(C(=O)N3CCN(C4CCOCC4)CC3)c(F)c2)c1C#Cc1ccc(N)nc1. The van der Waals surface area contributed by atoms with E-state index in [0.29, 0.717) is 67.0 Å². The zero-order chi connectivity index (χ0) is 27.4. The maximum absolute atomic E-state index is 15.4. The zero-order valence-corrected chi connectivity index (χ0v) is 21.8. The summed E-state index contributed by atoms with van der Waals surface area (Å²) in [6.07, 6.45) is 5.35. The van der Waals surface area contributed by atoms with Crippen LogP contribution in [-0.2, 0) is 11.2 Å². The minimum absolute atomic E-state index is 0.183. The van der Waals surface area contributed by atoms with Gasteiger partial charge in [-0.15, -0.1) is 0 Å². The largest absolute Gasteiger partial charge is 0.384 e. The number of rotatable bonds is 4. The van der Waals surface area contributed by atoms with Crippen LogP contribution in [0.25, 0.3) is 11.3 Å². The Morgan fingerprint density at radius 3 is 2.41 bits per heavy atom. The Kier molecular flexibility index (Phi) is 8.10. The summed E-state index contributed by atoms with van der Waals surface area (Å²) >= 11 is 0. The van der Waals surface area contributed by atoms with E-state index in [2.05, 4.69) is 31.7 Å². The molecule has 4 heterocycles. The van der Waals surface area contributed by atoms with Crippen LogP contribution in [0.1, 0.15) is 46.9 Å². The van der Waals surface area contributed by atoms with Gasteiger partial charge in [-0.2, -0.15) is 0 Å². The van der Waals surface area contributed by atoms with Crippen LogP contribution in [0.4, 0.5) is 14.6 Å². The first-order chi connectivity index (χ1) is 18.9. The number of nitrogen functional groups attached to an aromatic ring is 1. The molecule has 2 aliphatic rings. The van der Waals surface area contributed by atoms with Gasteiger partial charge in [0.05, 0.1) is 17.0 Å². The summed E-state index contributed by atoms with van der Waals surface area (Å²) in [6, 6.07) is 6.09. The second-order valence-corrected chi connectivity index (χ2v) is 9.61. The van der Waals surface area contributed by atoms with Crippen LogP contribution in [0, 0.1) is 23.5 Å². The highest BCUT2D eigenvalue weighted by Crippen LogP contribution is 2.28.